The predicted molar refractivity (Wildman–Crippen MR) is 111 cm³/mol. The third-order valence-corrected chi connectivity index (χ3v) is 5.78. The molecule has 1 saturated carbocycles. The third-order valence-electron chi connectivity index (χ3n) is 5.78. The lowest BCUT2D eigenvalue weighted by atomic mass is 9.92. The molecule has 3 N–H and O–H groups in total. The van der Waals surface area contributed by atoms with Crippen molar-refractivity contribution in [3.05, 3.63) is 30.3 Å². The molecule has 6 nitrogen and oxygen atoms in total. The highest BCUT2D eigenvalue weighted by Crippen LogP contribution is 2.39. The molecular formula is C21H32ClN3O3. The van der Waals surface area contributed by atoms with Gasteiger partial charge in [0, 0.05) is 19.6 Å². The van der Waals surface area contributed by atoms with Crippen LogP contribution in [0.5, 0.6) is 5.75 Å². The Bertz CT molecular complexity index is 654. The maximum Gasteiger partial charge on any atom is 0.226 e. The maximum absolute atomic E-state index is 12.7. The quantitative estimate of drug-likeness (QED) is 0.690. The Balaban J connectivity index is 0.00000280. The first-order chi connectivity index (χ1) is 13.0. The van der Waals surface area contributed by atoms with Crippen molar-refractivity contribution in [1.29, 1.82) is 0 Å². The molecule has 1 aromatic rings. The van der Waals surface area contributed by atoms with E-state index >= 15 is 0 Å². The molecule has 28 heavy (non-hydrogen) atoms. The summed E-state index contributed by atoms with van der Waals surface area (Å²) in [5, 5.41) is 3.17. The molecule has 0 radical (unpaired) electrons. The summed E-state index contributed by atoms with van der Waals surface area (Å²) in [4.78, 5) is 27.1. The minimum Gasteiger partial charge on any atom is -0.493 e. The van der Waals surface area contributed by atoms with Crippen LogP contribution in [0.25, 0.3) is 0 Å². The molecule has 1 saturated heterocycles. The highest BCUT2D eigenvalue weighted by atomic mass is 35.5. The lowest BCUT2D eigenvalue weighted by Gasteiger charge is -2.36. The number of nitrogens with one attached hydrogen (secondary N) is 1. The Hall–Kier alpha value is -1.79. The minimum atomic E-state index is -0.313. The van der Waals surface area contributed by atoms with E-state index in [9.17, 15) is 9.59 Å². The van der Waals surface area contributed by atoms with E-state index < -0.39 is 0 Å². The summed E-state index contributed by atoms with van der Waals surface area (Å²) in [5.74, 6) is 1.19. The van der Waals surface area contributed by atoms with Crippen molar-refractivity contribution in [3.8, 4) is 5.75 Å². The Morgan fingerprint density at radius 3 is 2.61 bits per heavy atom. The van der Waals surface area contributed by atoms with Crippen molar-refractivity contribution in [1.82, 2.24) is 10.2 Å². The van der Waals surface area contributed by atoms with Crippen LogP contribution in [-0.4, -0.2) is 48.5 Å². The molecule has 1 aromatic carbocycles. The molecular weight excluding hydrogens is 378 g/mol. The van der Waals surface area contributed by atoms with E-state index in [1.165, 1.54) is 0 Å². The summed E-state index contributed by atoms with van der Waals surface area (Å²) >= 11 is 0. The van der Waals surface area contributed by atoms with Gasteiger partial charge in [-0.15, -0.1) is 12.4 Å². The number of nitrogens with two attached hydrogens (primary N) is 1. The van der Waals surface area contributed by atoms with Gasteiger partial charge in [0.15, 0.2) is 0 Å². The molecule has 2 unspecified atom stereocenters. The third kappa shape index (κ3) is 5.85. The largest absolute Gasteiger partial charge is 0.493 e. The van der Waals surface area contributed by atoms with Crippen molar-refractivity contribution in [2.24, 2.45) is 17.6 Å². The molecule has 1 aliphatic heterocycles. The summed E-state index contributed by atoms with van der Waals surface area (Å²) in [5.41, 5.74) is 5.60. The number of ether oxygens (including phenoxy) is 1. The lowest BCUT2D eigenvalue weighted by Crippen LogP contribution is -2.56. The van der Waals surface area contributed by atoms with E-state index in [-0.39, 0.29) is 35.7 Å². The van der Waals surface area contributed by atoms with Crippen LogP contribution in [0.2, 0.25) is 0 Å². The molecule has 2 atom stereocenters. The Morgan fingerprint density at radius 1 is 1.25 bits per heavy atom. The maximum atomic E-state index is 12.7. The van der Waals surface area contributed by atoms with Crippen molar-refractivity contribution in [2.45, 2.75) is 44.6 Å². The van der Waals surface area contributed by atoms with Crippen LogP contribution in [0.3, 0.4) is 0 Å². The molecule has 7 heteroatoms. The van der Waals surface area contributed by atoms with Crippen LogP contribution in [-0.2, 0) is 9.59 Å². The van der Waals surface area contributed by atoms with Gasteiger partial charge in [0.25, 0.3) is 0 Å². The molecule has 0 aromatic heterocycles. The van der Waals surface area contributed by atoms with Gasteiger partial charge in [-0.05, 0) is 50.7 Å². The second kappa shape index (κ2) is 10.1. The van der Waals surface area contributed by atoms with Crippen LogP contribution in [0.1, 0.15) is 39.0 Å². The molecule has 0 bridgehead atoms. The number of hydrogen-bond donors (Lipinski definition) is 2. The van der Waals surface area contributed by atoms with Crippen LogP contribution in [0, 0.1) is 11.8 Å². The Labute approximate surface area is 173 Å². The van der Waals surface area contributed by atoms with Gasteiger partial charge in [-0.3, -0.25) is 9.59 Å². The highest BCUT2D eigenvalue weighted by molar-refractivity contribution is 5.85. The van der Waals surface area contributed by atoms with Crippen molar-refractivity contribution in [2.75, 3.05) is 26.2 Å². The number of hydrogen-bond acceptors (Lipinski definition) is 4. The second-order valence-electron chi connectivity index (χ2n) is 7.98. The molecule has 2 aliphatic rings. The summed E-state index contributed by atoms with van der Waals surface area (Å²) in [6, 6.07) is 9.49. The number of para-hydroxylation sites is 1. The van der Waals surface area contributed by atoms with Crippen LogP contribution < -0.4 is 15.8 Å². The normalized spacial score (nSPS) is 21.2. The monoisotopic (exact) mass is 409 g/mol. The average molecular weight is 410 g/mol. The molecule has 2 fully saturated rings. The number of carbonyl (C=O) groups excluding carboxylic acids is 2. The first-order valence-corrected chi connectivity index (χ1v) is 9.99. The van der Waals surface area contributed by atoms with Crippen LogP contribution in [0.4, 0.5) is 0 Å². The van der Waals surface area contributed by atoms with E-state index in [1.807, 2.05) is 37.3 Å². The number of rotatable bonds is 8. The van der Waals surface area contributed by atoms with Gasteiger partial charge in [0.1, 0.15) is 5.75 Å². The van der Waals surface area contributed by atoms with Gasteiger partial charge in [0.05, 0.1) is 24.5 Å². The number of benzene rings is 1. The SMILES string of the molecule is CC(CN)(NC(=O)C1CCCN(C(=O)CCOc2ccccc2)C1)C1CC1.Cl. The summed E-state index contributed by atoms with van der Waals surface area (Å²) in [6.45, 7) is 4.04. The first kappa shape index (κ1) is 22.5. The van der Waals surface area contributed by atoms with E-state index in [2.05, 4.69) is 5.32 Å². The molecule has 3 rings (SSSR count). The van der Waals surface area contributed by atoms with Crippen molar-refractivity contribution >= 4 is 24.2 Å². The number of amides is 2. The number of likely N-dealkylation sites (tertiary alicyclic amines) is 1. The van der Waals surface area contributed by atoms with Crippen LogP contribution >= 0.6 is 12.4 Å². The Kier molecular flexibility index (Phi) is 8.13. The average Bonchev–Trinajstić information content (AvgIpc) is 3.54. The predicted octanol–water partition coefficient (Wildman–Crippen LogP) is 2.36. The van der Waals surface area contributed by atoms with E-state index in [1.54, 1.807) is 4.90 Å². The molecule has 0 spiro atoms. The molecule has 2 amide bonds. The Morgan fingerprint density at radius 2 is 1.96 bits per heavy atom. The van der Waals surface area contributed by atoms with E-state index in [0.717, 1.165) is 31.4 Å². The summed E-state index contributed by atoms with van der Waals surface area (Å²) < 4.78 is 5.61. The zero-order valence-corrected chi connectivity index (χ0v) is 17.4. The van der Waals surface area contributed by atoms with Gasteiger partial charge in [0.2, 0.25) is 11.8 Å². The second-order valence-corrected chi connectivity index (χ2v) is 7.98. The van der Waals surface area contributed by atoms with Gasteiger partial charge in [-0.2, -0.15) is 0 Å². The first-order valence-electron chi connectivity index (χ1n) is 9.99. The van der Waals surface area contributed by atoms with Crippen LogP contribution in [0.15, 0.2) is 30.3 Å². The number of nitrogens with zero attached hydrogens (tertiary/aromatic N) is 1. The molecule has 1 heterocycles. The smallest absolute Gasteiger partial charge is 0.226 e. The van der Waals surface area contributed by atoms with Crippen molar-refractivity contribution in [3.63, 3.8) is 0 Å². The molecule has 156 valence electrons. The van der Waals surface area contributed by atoms with Gasteiger partial charge in [-0.1, -0.05) is 18.2 Å². The zero-order valence-electron chi connectivity index (χ0n) is 16.6. The highest BCUT2D eigenvalue weighted by Gasteiger charge is 2.42. The van der Waals surface area contributed by atoms with Gasteiger partial charge >= 0.3 is 0 Å². The molecule has 1 aliphatic carbocycles. The van der Waals surface area contributed by atoms with E-state index in [0.29, 0.717) is 38.6 Å². The fraction of sp³-hybridized carbons (Fsp3) is 0.619. The number of piperidine rings is 1. The van der Waals surface area contributed by atoms with Gasteiger partial charge < -0.3 is 20.7 Å². The lowest BCUT2D eigenvalue weighted by molar-refractivity contribution is -0.136. The van der Waals surface area contributed by atoms with Crippen molar-refractivity contribution < 1.29 is 14.3 Å². The summed E-state index contributed by atoms with van der Waals surface area (Å²) in [7, 11) is 0. The number of carbonyl (C=O) groups is 2. The topological polar surface area (TPSA) is 84.7 Å². The standard InChI is InChI=1S/C21H31N3O3.ClH/c1-21(15-22,17-9-10-17)23-20(26)16-6-5-12-24(14-16)19(25)11-13-27-18-7-3-2-4-8-18;/h2-4,7-8,16-17H,5-6,9-15,22H2,1H3,(H,23,26);1H. The zero-order chi connectivity index (χ0) is 19.3. The number of halogens is 1. The minimum absolute atomic E-state index is 0. The van der Waals surface area contributed by atoms with E-state index in [4.69, 9.17) is 10.5 Å². The van der Waals surface area contributed by atoms with Gasteiger partial charge in [-0.25, -0.2) is 0 Å². The summed E-state index contributed by atoms with van der Waals surface area (Å²) in [6.07, 6.45) is 4.26. The fourth-order valence-corrected chi connectivity index (χ4v) is 3.77. The fourth-order valence-electron chi connectivity index (χ4n) is 3.77.